The predicted octanol–water partition coefficient (Wildman–Crippen LogP) is 7.89. The molecule has 2 aromatic heterocycles. The molecule has 0 saturated carbocycles. The van der Waals surface area contributed by atoms with Crippen LogP contribution in [-0.4, -0.2) is 45.9 Å². The second-order valence-corrected chi connectivity index (χ2v) is 17.6. The van der Waals surface area contributed by atoms with Crippen molar-refractivity contribution in [1.82, 2.24) is 19.7 Å². The first-order valence-electron chi connectivity index (χ1n) is 15.3. The minimum atomic E-state index is -2.20. The average molecular weight is 583 g/mol. The molecule has 0 radical (unpaired) electrons. The summed E-state index contributed by atoms with van der Waals surface area (Å²) in [6.07, 6.45) is 5.79. The third kappa shape index (κ3) is 6.85. The van der Waals surface area contributed by atoms with E-state index < -0.39 is 8.32 Å². The van der Waals surface area contributed by atoms with Crippen LogP contribution in [0.2, 0.25) is 18.1 Å². The van der Waals surface area contributed by atoms with E-state index in [-0.39, 0.29) is 5.04 Å². The van der Waals surface area contributed by atoms with Crippen LogP contribution in [0.1, 0.15) is 63.3 Å². The van der Waals surface area contributed by atoms with Gasteiger partial charge in [-0.3, -0.25) is 14.6 Å². The molecule has 5 rings (SSSR count). The molecule has 3 heterocycles. The molecule has 7 heteroatoms. The number of nitrogens with zero attached hydrogens (tertiary/aromatic N) is 4. The Bertz CT molecular complexity index is 1460. The van der Waals surface area contributed by atoms with Gasteiger partial charge in [-0.15, -0.1) is 0 Å². The Balaban J connectivity index is 1.34. The third-order valence-electron chi connectivity index (χ3n) is 9.14. The molecule has 0 bridgehead atoms. The van der Waals surface area contributed by atoms with Crippen LogP contribution in [0.3, 0.4) is 0 Å². The summed E-state index contributed by atoms with van der Waals surface area (Å²) >= 11 is 0. The SMILES string of the molecule is CC(C)c1ccc(COc2ccc(-c3c(-c4ccncc4)nn4c3CN(CCCC(C)(C)[Si](C)(C)O)CC4)cc2)cc1. The Morgan fingerprint density at radius 1 is 0.929 bits per heavy atom. The number of hydrogen-bond acceptors (Lipinski definition) is 5. The molecule has 42 heavy (non-hydrogen) atoms. The Morgan fingerprint density at radius 3 is 2.26 bits per heavy atom. The highest BCUT2D eigenvalue weighted by atomic mass is 28.4. The van der Waals surface area contributed by atoms with Gasteiger partial charge < -0.3 is 9.53 Å². The highest BCUT2D eigenvalue weighted by Gasteiger charge is 2.37. The van der Waals surface area contributed by atoms with E-state index in [4.69, 9.17) is 9.84 Å². The predicted molar refractivity (Wildman–Crippen MR) is 174 cm³/mol. The summed E-state index contributed by atoms with van der Waals surface area (Å²) in [5.41, 5.74) is 8.18. The number of hydrogen-bond donors (Lipinski definition) is 1. The number of fused-ring (bicyclic) bond motifs is 1. The molecular weight excluding hydrogens is 536 g/mol. The minimum Gasteiger partial charge on any atom is -0.489 e. The van der Waals surface area contributed by atoms with E-state index in [0.29, 0.717) is 12.5 Å². The van der Waals surface area contributed by atoms with Gasteiger partial charge in [0.15, 0.2) is 8.32 Å². The van der Waals surface area contributed by atoms with Crippen LogP contribution in [0, 0.1) is 0 Å². The summed E-state index contributed by atoms with van der Waals surface area (Å²) in [6, 6.07) is 21.2. The summed E-state index contributed by atoms with van der Waals surface area (Å²) in [5, 5.41) is 5.11. The van der Waals surface area contributed by atoms with Crippen LogP contribution in [0.5, 0.6) is 5.75 Å². The first-order chi connectivity index (χ1) is 20.0. The molecule has 1 N–H and O–H groups in total. The molecule has 0 unspecified atom stereocenters. The number of ether oxygens (including phenoxy) is 1. The quantitative estimate of drug-likeness (QED) is 0.182. The lowest BCUT2D eigenvalue weighted by atomic mass is 9.98. The van der Waals surface area contributed by atoms with Gasteiger partial charge in [-0.1, -0.05) is 64.1 Å². The third-order valence-corrected chi connectivity index (χ3v) is 12.7. The normalized spacial score (nSPS) is 14.3. The largest absolute Gasteiger partial charge is 0.489 e. The van der Waals surface area contributed by atoms with E-state index in [1.54, 1.807) is 0 Å². The maximum Gasteiger partial charge on any atom is 0.188 e. The van der Waals surface area contributed by atoms with Gasteiger partial charge in [-0.05, 0) is 84.4 Å². The first-order valence-corrected chi connectivity index (χ1v) is 18.2. The van der Waals surface area contributed by atoms with E-state index in [2.05, 4.69) is 104 Å². The summed E-state index contributed by atoms with van der Waals surface area (Å²) in [6.45, 7) is 17.3. The van der Waals surface area contributed by atoms with Crippen molar-refractivity contribution < 1.29 is 9.53 Å². The second-order valence-electron chi connectivity index (χ2n) is 13.2. The van der Waals surface area contributed by atoms with Gasteiger partial charge in [0.05, 0.1) is 12.2 Å². The van der Waals surface area contributed by atoms with Crippen molar-refractivity contribution in [3.8, 4) is 28.1 Å². The number of rotatable bonds is 11. The fourth-order valence-electron chi connectivity index (χ4n) is 5.51. The first kappa shape index (κ1) is 30.2. The molecular formula is C35H46N4O2Si. The maximum absolute atomic E-state index is 10.7. The standard InChI is InChI=1S/C35H46N4O2Si/c1-26(2)28-10-8-27(9-11-28)25-41-31-14-12-29(13-15-31)33-32-24-38(21-7-18-35(3,4)42(5,6)40)22-23-39(32)37-34(33)30-16-19-36-20-17-30/h8-17,19-20,26,40H,7,18,21-25H2,1-6H3. The fourth-order valence-corrected chi connectivity index (χ4v) is 6.30. The summed E-state index contributed by atoms with van der Waals surface area (Å²) < 4.78 is 8.35. The van der Waals surface area contributed by atoms with Gasteiger partial charge >= 0.3 is 0 Å². The Morgan fingerprint density at radius 2 is 1.62 bits per heavy atom. The molecule has 6 nitrogen and oxygen atoms in total. The smallest absolute Gasteiger partial charge is 0.188 e. The Hall–Kier alpha value is -3.26. The number of benzene rings is 2. The Kier molecular flexibility index (Phi) is 9.02. The van der Waals surface area contributed by atoms with Crippen molar-refractivity contribution >= 4 is 8.32 Å². The highest BCUT2D eigenvalue weighted by Crippen LogP contribution is 2.40. The van der Waals surface area contributed by atoms with Crippen molar-refractivity contribution in [3.63, 3.8) is 0 Å². The lowest BCUT2D eigenvalue weighted by Crippen LogP contribution is -2.40. The van der Waals surface area contributed by atoms with Gasteiger partial charge in [-0.25, -0.2) is 0 Å². The van der Waals surface area contributed by atoms with Crippen LogP contribution in [-0.2, 0) is 19.7 Å². The van der Waals surface area contributed by atoms with Crippen LogP contribution in [0.4, 0.5) is 0 Å². The zero-order valence-corrected chi connectivity index (χ0v) is 27.1. The van der Waals surface area contributed by atoms with E-state index in [1.807, 2.05) is 24.5 Å². The Labute approximate surface area is 252 Å². The molecule has 0 aliphatic carbocycles. The van der Waals surface area contributed by atoms with Crippen LogP contribution in [0.25, 0.3) is 22.4 Å². The molecule has 4 aromatic rings. The molecule has 0 fully saturated rings. The molecule has 0 amide bonds. The molecule has 0 spiro atoms. The highest BCUT2D eigenvalue weighted by molar-refractivity contribution is 6.72. The number of aromatic nitrogens is 3. The van der Waals surface area contributed by atoms with E-state index >= 15 is 0 Å². The van der Waals surface area contributed by atoms with E-state index in [0.717, 1.165) is 61.6 Å². The summed E-state index contributed by atoms with van der Waals surface area (Å²) in [7, 11) is -2.20. The monoisotopic (exact) mass is 582 g/mol. The zero-order chi connectivity index (χ0) is 29.9. The van der Waals surface area contributed by atoms with Gasteiger partial charge in [-0.2, -0.15) is 5.10 Å². The van der Waals surface area contributed by atoms with Crippen LogP contribution < -0.4 is 4.74 Å². The zero-order valence-electron chi connectivity index (χ0n) is 26.1. The van der Waals surface area contributed by atoms with E-state index in [9.17, 15) is 4.80 Å². The topological polar surface area (TPSA) is 63.4 Å². The van der Waals surface area contributed by atoms with Gasteiger partial charge in [0, 0.05) is 36.6 Å². The maximum atomic E-state index is 10.7. The molecule has 2 aromatic carbocycles. The molecule has 1 aliphatic rings. The lowest BCUT2D eigenvalue weighted by molar-refractivity contribution is 0.206. The van der Waals surface area contributed by atoms with Crippen molar-refractivity contribution in [2.24, 2.45) is 0 Å². The number of pyridine rings is 1. The van der Waals surface area contributed by atoms with E-state index in [1.165, 1.54) is 22.4 Å². The van der Waals surface area contributed by atoms with Crippen LogP contribution >= 0.6 is 0 Å². The lowest BCUT2D eigenvalue weighted by Gasteiger charge is -2.36. The van der Waals surface area contributed by atoms with Gasteiger partial charge in [0.25, 0.3) is 0 Å². The molecule has 1 aliphatic heterocycles. The van der Waals surface area contributed by atoms with Crippen molar-refractivity contribution in [2.45, 2.75) is 84.3 Å². The summed E-state index contributed by atoms with van der Waals surface area (Å²) in [4.78, 5) is 17.5. The molecule has 0 atom stereocenters. The van der Waals surface area contributed by atoms with Crippen molar-refractivity contribution in [1.29, 1.82) is 0 Å². The van der Waals surface area contributed by atoms with Crippen molar-refractivity contribution in [3.05, 3.63) is 89.9 Å². The minimum absolute atomic E-state index is 0.00554. The molecule has 0 saturated heterocycles. The van der Waals surface area contributed by atoms with Gasteiger partial charge in [0.2, 0.25) is 0 Å². The van der Waals surface area contributed by atoms with Gasteiger partial charge in [0.1, 0.15) is 18.1 Å². The van der Waals surface area contributed by atoms with Crippen LogP contribution in [0.15, 0.2) is 73.1 Å². The second kappa shape index (κ2) is 12.5. The average Bonchev–Trinajstić information content (AvgIpc) is 3.35. The van der Waals surface area contributed by atoms with Crippen molar-refractivity contribution in [2.75, 3.05) is 13.1 Å². The summed E-state index contributed by atoms with van der Waals surface area (Å²) in [5.74, 6) is 1.39. The molecule has 222 valence electrons. The fraction of sp³-hybridized carbons (Fsp3) is 0.429.